The smallest absolute Gasteiger partial charge is 0.300 e. The fourth-order valence-electron chi connectivity index (χ4n) is 3.89. The van der Waals surface area contributed by atoms with E-state index < -0.39 is 17.7 Å². The van der Waals surface area contributed by atoms with E-state index in [1.165, 1.54) is 18.1 Å². The topological polar surface area (TPSA) is 79.7 Å². The van der Waals surface area contributed by atoms with Crippen LogP contribution < -0.4 is 9.64 Å². The Morgan fingerprint density at radius 3 is 2.56 bits per heavy atom. The third-order valence-electron chi connectivity index (χ3n) is 5.45. The molecule has 1 N–H and O–H groups in total. The number of aromatic nitrogens is 1. The Labute approximate surface area is 190 Å². The number of halogens is 1. The van der Waals surface area contributed by atoms with Gasteiger partial charge >= 0.3 is 0 Å². The average molecular weight is 449 g/mol. The van der Waals surface area contributed by atoms with E-state index in [0.717, 1.165) is 11.1 Å². The minimum absolute atomic E-state index is 0.0739. The highest BCUT2D eigenvalue weighted by Gasteiger charge is 2.48. The molecule has 0 radical (unpaired) electrons. The third kappa shape index (κ3) is 3.63. The first-order valence-electron chi connectivity index (χ1n) is 9.96. The fraction of sp³-hybridized carbons (Fsp3) is 0.160. The SMILES string of the molecule is COc1ccc(Cl)cc1/C(O)=C1\C(=O)C(=O)N(c2cc(C)ccc2C)C1c1ccccn1. The molecule has 1 amide bonds. The summed E-state index contributed by atoms with van der Waals surface area (Å²) in [6.45, 7) is 3.77. The Balaban J connectivity index is 2.01. The quantitative estimate of drug-likeness (QED) is 0.345. The van der Waals surface area contributed by atoms with Crippen molar-refractivity contribution >= 4 is 34.7 Å². The second-order valence-corrected chi connectivity index (χ2v) is 7.99. The number of pyridine rings is 1. The molecule has 1 unspecified atom stereocenters. The molecule has 3 aromatic rings. The predicted molar refractivity (Wildman–Crippen MR) is 123 cm³/mol. The molecule has 1 aromatic heterocycles. The molecular weight excluding hydrogens is 428 g/mol. The summed E-state index contributed by atoms with van der Waals surface area (Å²) in [7, 11) is 1.45. The molecule has 0 aliphatic carbocycles. The second kappa shape index (κ2) is 8.48. The molecule has 0 saturated carbocycles. The van der Waals surface area contributed by atoms with Crippen LogP contribution in [-0.4, -0.2) is 28.9 Å². The first kappa shape index (κ1) is 21.6. The van der Waals surface area contributed by atoms with E-state index in [4.69, 9.17) is 16.3 Å². The lowest BCUT2D eigenvalue weighted by Crippen LogP contribution is -2.30. The van der Waals surface area contributed by atoms with Crippen LogP contribution in [0.1, 0.15) is 28.4 Å². The van der Waals surface area contributed by atoms with E-state index in [1.807, 2.05) is 32.0 Å². The Bertz CT molecular complexity index is 1250. The maximum absolute atomic E-state index is 13.3. The number of anilines is 1. The number of Topliss-reactive ketones (excluding diaryl/α,β-unsaturated/α-hetero) is 1. The van der Waals surface area contributed by atoms with Crippen molar-refractivity contribution in [3.63, 3.8) is 0 Å². The van der Waals surface area contributed by atoms with Crippen molar-refractivity contribution in [1.29, 1.82) is 0 Å². The predicted octanol–water partition coefficient (Wildman–Crippen LogP) is 4.99. The number of aryl methyl sites for hydroxylation is 2. The highest BCUT2D eigenvalue weighted by Crippen LogP contribution is 2.43. The lowest BCUT2D eigenvalue weighted by atomic mass is 9.97. The van der Waals surface area contributed by atoms with Crippen LogP contribution in [0.2, 0.25) is 5.02 Å². The Morgan fingerprint density at radius 2 is 1.88 bits per heavy atom. The van der Waals surface area contributed by atoms with Gasteiger partial charge in [0.1, 0.15) is 17.6 Å². The van der Waals surface area contributed by atoms with Crippen LogP contribution in [0.4, 0.5) is 5.69 Å². The van der Waals surface area contributed by atoms with Crippen LogP contribution in [0.3, 0.4) is 0 Å². The number of ether oxygens (including phenoxy) is 1. The lowest BCUT2D eigenvalue weighted by Gasteiger charge is -2.26. The number of carbonyl (C=O) groups excluding carboxylic acids is 2. The summed E-state index contributed by atoms with van der Waals surface area (Å²) in [5.41, 5.74) is 2.94. The van der Waals surface area contributed by atoms with E-state index in [2.05, 4.69) is 4.98 Å². The zero-order valence-electron chi connectivity index (χ0n) is 17.8. The molecule has 1 aliphatic rings. The number of ketones is 1. The highest BCUT2D eigenvalue weighted by molar-refractivity contribution is 6.51. The standard InChI is InChI=1S/C25H21ClN2O4/c1-14-7-8-15(2)19(12-14)28-22(18-6-4-5-11-27-18)21(24(30)25(28)31)23(29)17-13-16(26)9-10-20(17)32-3/h4-13,22,29H,1-3H3/b23-21+. The maximum Gasteiger partial charge on any atom is 0.300 e. The molecular formula is C25H21ClN2O4. The van der Waals surface area contributed by atoms with Gasteiger partial charge in [-0.25, -0.2) is 0 Å². The van der Waals surface area contributed by atoms with Crippen molar-refractivity contribution < 1.29 is 19.4 Å². The molecule has 6 nitrogen and oxygen atoms in total. The molecule has 1 fully saturated rings. The van der Waals surface area contributed by atoms with Gasteiger partial charge in [-0.2, -0.15) is 0 Å². The van der Waals surface area contributed by atoms with E-state index >= 15 is 0 Å². The van der Waals surface area contributed by atoms with E-state index in [-0.39, 0.29) is 16.9 Å². The van der Waals surface area contributed by atoms with Gasteiger partial charge < -0.3 is 9.84 Å². The highest BCUT2D eigenvalue weighted by atomic mass is 35.5. The van der Waals surface area contributed by atoms with Crippen molar-refractivity contribution in [3.05, 3.63) is 93.8 Å². The minimum Gasteiger partial charge on any atom is -0.507 e. The van der Waals surface area contributed by atoms with Crippen molar-refractivity contribution in [2.75, 3.05) is 12.0 Å². The van der Waals surface area contributed by atoms with E-state index in [0.29, 0.717) is 22.2 Å². The van der Waals surface area contributed by atoms with Crippen LogP contribution in [0, 0.1) is 13.8 Å². The molecule has 1 atom stereocenters. The number of carbonyl (C=O) groups is 2. The van der Waals surface area contributed by atoms with Gasteiger partial charge in [-0.05, 0) is 61.4 Å². The molecule has 2 heterocycles. The summed E-state index contributed by atoms with van der Waals surface area (Å²) in [5.74, 6) is -1.59. The molecule has 32 heavy (non-hydrogen) atoms. The molecule has 1 aliphatic heterocycles. The van der Waals surface area contributed by atoms with Gasteiger partial charge in [0.15, 0.2) is 0 Å². The Hall–Kier alpha value is -3.64. The van der Waals surface area contributed by atoms with E-state index in [9.17, 15) is 14.7 Å². The number of hydrogen-bond acceptors (Lipinski definition) is 5. The maximum atomic E-state index is 13.3. The largest absolute Gasteiger partial charge is 0.507 e. The molecule has 0 spiro atoms. The van der Waals surface area contributed by atoms with Crippen LogP contribution in [0.15, 0.2) is 66.4 Å². The summed E-state index contributed by atoms with van der Waals surface area (Å²) in [6, 6.07) is 14.7. The summed E-state index contributed by atoms with van der Waals surface area (Å²) in [6.07, 6.45) is 1.58. The molecule has 4 rings (SSSR count). The minimum atomic E-state index is -0.916. The Kier molecular flexibility index (Phi) is 5.72. The van der Waals surface area contributed by atoms with Crippen molar-refractivity contribution in [2.24, 2.45) is 0 Å². The van der Waals surface area contributed by atoms with E-state index in [1.54, 1.807) is 36.5 Å². The summed E-state index contributed by atoms with van der Waals surface area (Å²) in [5, 5.41) is 11.6. The molecule has 2 aromatic carbocycles. The van der Waals surface area contributed by atoms with Crippen LogP contribution in [0.25, 0.3) is 5.76 Å². The van der Waals surface area contributed by atoms with Crippen molar-refractivity contribution in [2.45, 2.75) is 19.9 Å². The molecule has 1 saturated heterocycles. The average Bonchev–Trinajstić information content (AvgIpc) is 3.06. The van der Waals surface area contributed by atoms with Crippen LogP contribution in [-0.2, 0) is 9.59 Å². The number of nitrogens with zero attached hydrogens (tertiary/aromatic N) is 2. The number of amides is 1. The fourth-order valence-corrected chi connectivity index (χ4v) is 4.06. The first-order valence-corrected chi connectivity index (χ1v) is 10.3. The lowest BCUT2D eigenvalue weighted by molar-refractivity contribution is -0.132. The van der Waals surface area contributed by atoms with Gasteiger partial charge in [-0.15, -0.1) is 0 Å². The third-order valence-corrected chi connectivity index (χ3v) is 5.69. The van der Waals surface area contributed by atoms with Crippen LogP contribution in [0.5, 0.6) is 5.75 Å². The number of rotatable bonds is 4. The van der Waals surface area contributed by atoms with Gasteiger partial charge in [0.05, 0.1) is 23.9 Å². The zero-order chi connectivity index (χ0) is 23.0. The van der Waals surface area contributed by atoms with Gasteiger partial charge in [-0.1, -0.05) is 29.8 Å². The Morgan fingerprint density at radius 1 is 1.09 bits per heavy atom. The number of benzene rings is 2. The van der Waals surface area contributed by atoms with Crippen LogP contribution >= 0.6 is 11.6 Å². The van der Waals surface area contributed by atoms with Gasteiger partial charge in [0.2, 0.25) is 0 Å². The number of aliphatic hydroxyl groups is 1. The summed E-state index contributed by atoms with van der Waals surface area (Å²) < 4.78 is 5.35. The zero-order valence-corrected chi connectivity index (χ0v) is 18.6. The number of hydrogen-bond donors (Lipinski definition) is 1. The summed E-state index contributed by atoms with van der Waals surface area (Å²) in [4.78, 5) is 32.3. The molecule has 162 valence electrons. The van der Waals surface area contributed by atoms with Gasteiger partial charge in [0.25, 0.3) is 11.7 Å². The first-order chi connectivity index (χ1) is 15.3. The number of aliphatic hydroxyl groups excluding tert-OH is 1. The monoisotopic (exact) mass is 448 g/mol. The molecule has 0 bridgehead atoms. The second-order valence-electron chi connectivity index (χ2n) is 7.56. The van der Waals surface area contributed by atoms with Gasteiger partial charge in [0, 0.05) is 16.9 Å². The number of methoxy groups -OCH3 is 1. The summed E-state index contributed by atoms with van der Waals surface area (Å²) >= 11 is 6.14. The normalized spacial score (nSPS) is 17.6. The van der Waals surface area contributed by atoms with Crippen molar-refractivity contribution in [3.8, 4) is 5.75 Å². The van der Waals surface area contributed by atoms with Crippen molar-refractivity contribution in [1.82, 2.24) is 4.98 Å². The molecule has 7 heteroatoms. The van der Waals surface area contributed by atoms with Gasteiger partial charge in [-0.3, -0.25) is 19.5 Å².